The van der Waals surface area contributed by atoms with Crippen molar-refractivity contribution >= 4 is 27.5 Å². The van der Waals surface area contributed by atoms with Crippen molar-refractivity contribution in [2.24, 2.45) is 0 Å². The Morgan fingerprint density at radius 3 is 2.92 bits per heavy atom. The van der Waals surface area contributed by atoms with E-state index < -0.39 is 0 Å². The smallest absolute Gasteiger partial charge is 0.235 e. The van der Waals surface area contributed by atoms with E-state index in [2.05, 4.69) is 26.3 Å². The molecule has 0 aliphatic rings. The highest BCUT2D eigenvalue weighted by Gasteiger charge is 2.06. The minimum absolute atomic E-state index is 0.0567. The molecule has 0 bridgehead atoms. The van der Waals surface area contributed by atoms with Crippen LogP contribution in [0, 0.1) is 6.92 Å². The zero-order valence-electron chi connectivity index (χ0n) is 7.67. The number of hydrogen-bond donors (Lipinski definition) is 1. The van der Waals surface area contributed by atoms with Crippen LogP contribution in [0.5, 0.6) is 0 Å². The molecule has 1 aromatic rings. The van der Waals surface area contributed by atoms with Gasteiger partial charge < -0.3 is 5.32 Å². The van der Waals surface area contributed by atoms with Crippen LogP contribution in [0.4, 0.5) is 5.69 Å². The summed E-state index contributed by atoms with van der Waals surface area (Å²) in [5.41, 5.74) is 1.63. The number of carbonyl (C=O) groups is 1. The summed E-state index contributed by atoms with van der Waals surface area (Å²) in [4.78, 5) is 11.0. The van der Waals surface area contributed by atoms with Gasteiger partial charge >= 0.3 is 0 Å². The van der Waals surface area contributed by atoms with Crippen LogP contribution >= 0.6 is 15.9 Å². The van der Waals surface area contributed by atoms with Crippen LogP contribution in [-0.2, 0) is 11.3 Å². The van der Waals surface area contributed by atoms with Crippen LogP contribution in [0.3, 0.4) is 0 Å². The molecule has 0 aromatic carbocycles. The Labute approximate surface area is 85.4 Å². The lowest BCUT2D eigenvalue weighted by molar-refractivity contribution is -0.113. The van der Waals surface area contributed by atoms with E-state index in [1.165, 1.54) is 0 Å². The Kier molecular flexibility index (Phi) is 3.48. The van der Waals surface area contributed by atoms with Crippen LogP contribution in [0.1, 0.15) is 12.6 Å². The van der Waals surface area contributed by atoms with Crippen LogP contribution in [-0.4, -0.2) is 21.0 Å². The van der Waals surface area contributed by atoms with E-state index in [4.69, 9.17) is 0 Å². The third-order valence-electron chi connectivity index (χ3n) is 1.67. The topological polar surface area (TPSA) is 46.9 Å². The van der Waals surface area contributed by atoms with E-state index >= 15 is 0 Å². The molecule has 0 saturated heterocycles. The molecule has 1 heterocycles. The molecule has 1 amide bonds. The van der Waals surface area contributed by atoms with E-state index in [1.54, 1.807) is 4.68 Å². The first-order valence-corrected chi connectivity index (χ1v) is 5.19. The zero-order chi connectivity index (χ0) is 9.84. The first kappa shape index (κ1) is 10.2. The molecular formula is C8H12BrN3O. The molecule has 5 heteroatoms. The number of amides is 1. The van der Waals surface area contributed by atoms with Crippen molar-refractivity contribution in [1.82, 2.24) is 9.78 Å². The van der Waals surface area contributed by atoms with Crippen molar-refractivity contribution in [3.05, 3.63) is 11.9 Å². The highest BCUT2D eigenvalue weighted by Crippen LogP contribution is 2.11. The van der Waals surface area contributed by atoms with Gasteiger partial charge in [0.25, 0.3) is 0 Å². The fourth-order valence-electron chi connectivity index (χ4n) is 0.986. The number of rotatable bonds is 3. The van der Waals surface area contributed by atoms with Gasteiger partial charge in [0.1, 0.15) is 0 Å². The third kappa shape index (κ3) is 2.55. The van der Waals surface area contributed by atoms with Gasteiger partial charge in [0.15, 0.2) is 0 Å². The molecule has 0 aliphatic heterocycles. The SMILES string of the molecule is CCn1cc(NC(=O)CBr)c(C)n1. The summed E-state index contributed by atoms with van der Waals surface area (Å²) >= 11 is 3.08. The summed E-state index contributed by atoms with van der Waals surface area (Å²) in [6.45, 7) is 4.68. The van der Waals surface area contributed by atoms with Gasteiger partial charge in [0.2, 0.25) is 5.91 Å². The number of anilines is 1. The summed E-state index contributed by atoms with van der Waals surface area (Å²) in [5.74, 6) is -0.0567. The lowest BCUT2D eigenvalue weighted by atomic mass is 10.4. The van der Waals surface area contributed by atoms with Gasteiger partial charge in [-0.05, 0) is 13.8 Å². The van der Waals surface area contributed by atoms with Gasteiger partial charge in [-0.25, -0.2) is 0 Å². The van der Waals surface area contributed by atoms with Crippen LogP contribution in [0.15, 0.2) is 6.20 Å². The molecule has 1 N–H and O–H groups in total. The molecule has 0 saturated carbocycles. The lowest BCUT2D eigenvalue weighted by Gasteiger charge is -1.98. The number of nitrogens with one attached hydrogen (secondary N) is 1. The van der Waals surface area contributed by atoms with Crippen molar-refractivity contribution in [2.45, 2.75) is 20.4 Å². The minimum atomic E-state index is -0.0567. The van der Waals surface area contributed by atoms with Gasteiger partial charge in [0, 0.05) is 12.7 Å². The Balaban J connectivity index is 2.76. The number of aromatic nitrogens is 2. The number of halogens is 1. The van der Waals surface area contributed by atoms with E-state index in [-0.39, 0.29) is 5.91 Å². The van der Waals surface area contributed by atoms with E-state index in [1.807, 2.05) is 20.0 Å². The van der Waals surface area contributed by atoms with Crippen LogP contribution in [0.25, 0.3) is 0 Å². The first-order chi connectivity index (χ1) is 6.17. The van der Waals surface area contributed by atoms with Crippen molar-refractivity contribution in [3.8, 4) is 0 Å². The average Bonchev–Trinajstić information content (AvgIpc) is 2.47. The largest absolute Gasteiger partial charge is 0.322 e. The highest BCUT2D eigenvalue weighted by atomic mass is 79.9. The molecule has 0 atom stereocenters. The normalized spacial score (nSPS) is 10.1. The van der Waals surface area contributed by atoms with Gasteiger partial charge in [-0.15, -0.1) is 0 Å². The number of hydrogen-bond acceptors (Lipinski definition) is 2. The average molecular weight is 246 g/mol. The van der Waals surface area contributed by atoms with Crippen molar-refractivity contribution in [3.63, 3.8) is 0 Å². The molecule has 0 spiro atoms. The Morgan fingerprint density at radius 1 is 1.77 bits per heavy atom. The maximum absolute atomic E-state index is 11.0. The summed E-state index contributed by atoms with van der Waals surface area (Å²) in [7, 11) is 0. The van der Waals surface area contributed by atoms with Crippen molar-refractivity contribution in [2.75, 3.05) is 10.6 Å². The molecule has 72 valence electrons. The number of nitrogens with zero attached hydrogens (tertiary/aromatic N) is 2. The second kappa shape index (κ2) is 4.41. The van der Waals surface area contributed by atoms with Crippen molar-refractivity contribution in [1.29, 1.82) is 0 Å². The molecule has 0 radical (unpaired) electrons. The maximum Gasteiger partial charge on any atom is 0.235 e. The predicted molar refractivity (Wildman–Crippen MR) is 55.1 cm³/mol. The quantitative estimate of drug-likeness (QED) is 0.822. The summed E-state index contributed by atoms with van der Waals surface area (Å²) < 4.78 is 1.79. The second-order valence-electron chi connectivity index (χ2n) is 2.67. The Morgan fingerprint density at radius 2 is 2.46 bits per heavy atom. The molecule has 1 rings (SSSR count). The molecule has 13 heavy (non-hydrogen) atoms. The first-order valence-electron chi connectivity index (χ1n) is 4.07. The highest BCUT2D eigenvalue weighted by molar-refractivity contribution is 9.09. The fourth-order valence-corrected chi connectivity index (χ4v) is 1.13. The van der Waals surface area contributed by atoms with E-state index in [0.717, 1.165) is 17.9 Å². The summed E-state index contributed by atoms with van der Waals surface area (Å²) in [6.07, 6.45) is 1.83. The van der Waals surface area contributed by atoms with E-state index in [9.17, 15) is 4.79 Å². The number of alkyl halides is 1. The van der Waals surface area contributed by atoms with Crippen molar-refractivity contribution < 1.29 is 4.79 Å². The number of carbonyl (C=O) groups excluding carboxylic acids is 1. The second-order valence-corrected chi connectivity index (χ2v) is 3.23. The molecular weight excluding hydrogens is 234 g/mol. The Bertz CT molecular complexity index is 308. The number of aryl methyl sites for hydroxylation is 2. The molecule has 0 aliphatic carbocycles. The van der Waals surface area contributed by atoms with Crippen LogP contribution < -0.4 is 5.32 Å². The van der Waals surface area contributed by atoms with Gasteiger partial charge in [-0.3, -0.25) is 9.48 Å². The fraction of sp³-hybridized carbons (Fsp3) is 0.500. The zero-order valence-corrected chi connectivity index (χ0v) is 9.26. The summed E-state index contributed by atoms with van der Waals surface area (Å²) in [5, 5.41) is 7.26. The van der Waals surface area contributed by atoms with Gasteiger partial charge in [0.05, 0.1) is 16.7 Å². The molecule has 0 unspecified atom stereocenters. The lowest BCUT2D eigenvalue weighted by Crippen LogP contribution is -2.12. The minimum Gasteiger partial charge on any atom is -0.322 e. The predicted octanol–water partition coefficient (Wildman–Crippen LogP) is 1.54. The maximum atomic E-state index is 11.0. The van der Waals surface area contributed by atoms with Gasteiger partial charge in [-0.2, -0.15) is 5.10 Å². The molecule has 1 aromatic heterocycles. The monoisotopic (exact) mass is 245 g/mol. The van der Waals surface area contributed by atoms with Crippen LogP contribution in [0.2, 0.25) is 0 Å². The summed E-state index contributed by atoms with van der Waals surface area (Å²) in [6, 6.07) is 0. The Hall–Kier alpha value is -0.840. The molecule has 0 fully saturated rings. The van der Waals surface area contributed by atoms with E-state index in [0.29, 0.717) is 5.33 Å². The standard InChI is InChI=1S/C8H12BrN3O/c1-3-12-5-7(6(2)11-12)10-8(13)4-9/h5H,3-4H2,1-2H3,(H,10,13). The third-order valence-corrected chi connectivity index (χ3v) is 2.18. The van der Waals surface area contributed by atoms with Gasteiger partial charge in [-0.1, -0.05) is 15.9 Å². The molecule has 4 nitrogen and oxygen atoms in total.